The lowest BCUT2D eigenvalue weighted by molar-refractivity contribution is -0.384. The lowest BCUT2D eigenvalue weighted by atomic mass is 10.3. The number of halogens is 1. The molecule has 0 unspecified atom stereocenters. The van der Waals surface area contributed by atoms with Crippen LogP contribution in [-0.2, 0) is 6.42 Å². The lowest BCUT2D eigenvalue weighted by Crippen LogP contribution is -2.08. The largest absolute Gasteiger partial charge is 0.364 e. The molecule has 0 aliphatic carbocycles. The minimum atomic E-state index is -0.420. The highest BCUT2D eigenvalue weighted by molar-refractivity contribution is 9.11. The third-order valence-corrected chi connectivity index (χ3v) is 4.19. The first kappa shape index (κ1) is 14.0. The van der Waals surface area contributed by atoms with Gasteiger partial charge in [-0.25, -0.2) is 4.98 Å². The maximum absolute atomic E-state index is 10.9. The highest BCUT2D eigenvalue weighted by atomic mass is 79.9. The van der Waals surface area contributed by atoms with Crippen LogP contribution in [0, 0.1) is 17.0 Å². The molecule has 5 nitrogen and oxygen atoms in total. The minimum Gasteiger partial charge on any atom is -0.364 e. The molecule has 0 amide bonds. The molecular formula is C12H12BrN3O2S. The fraction of sp³-hybridized carbons (Fsp3) is 0.250. The second-order valence-corrected chi connectivity index (χ2v) is 6.51. The molecule has 2 aromatic rings. The number of pyridine rings is 1. The van der Waals surface area contributed by atoms with Crippen molar-refractivity contribution in [2.45, 2.75) is 13.3 Å². The Bertz CT molecular complexity index is 600. The Morgan fingerprint density at radius 1 is 1.42 bits per heavy atom. The van der Waals surface area contributed by atoms with Gasteiger partial charge >= 0.3 is 5.69 Å². The van der Waals surface area contributed by atoms with Crippen molar-refractivity contribution in [3.63, 3.8) is 0 Å². The van der Waals surface area contributed by atoms with Gasteiger partial charge in [0.05, 0.1) is 8.71 Å². The van der Waals surface area contributed by atoms with Crippen molar-refractivity contribution in [2.24, 2.45) is 0 Å². The molecule has 2 aromatic heterocycles. The average Bonchev–Trinajstić information content (AvgIpc) is 2.75. The van der Waals surface area contributed by atoms with E-state index in [-0.39, 0.29) is 5.69 Å². The molecule has 0 spiro atoms. The number of anilines is 1. The highest BCUT2D eigenvalue weighted by Gasteiger charge is 2.14. The second kappa shape index (κ2) is 6.12. The molecule has 100 valence electrons. The number of nitrogens with one attached hydrogen (secondary N) is 1. The van der Waals surface area contributed by atoms with Crippen molar-refractivity contribution in [1.29, 1.82) is 0 Å². The number of nitrogens with zero attached hydrogens (tertiary/aromatic N) is 2. The van der Waals surface area contributed by atoms with Crippen LogP contribution in [-0.4, -0.2) is 16.5 Å². The van der Waals surface area contributed by atoms with E-state index in [0.29, 0.717) is 12.4 Å². The van der Waals surface area contributed by atoms with Gasteiger partial charge < -0.3 is 5.32 Å². The van der Waals surface area contributed by atoms with Crippen LogP contribution in [0.5, 0.6) is 0 Å². The van der Waals surface area contributed by atoms with E-state index in [1.165, 1.54) is 10.9 Å². The maximum atomic E-state index is 10.9. The third-order valence-electron chi connectivity index (χ3n) is 2.50. The Morgan fingerprint density at radius 2 is 2.21 bits per heavy atom. The van der Waals surface area contributed by atoms with Gasteiger partial charge in [0.1, 0.15) is 0 Å². The van der Waals surface area contributed by atoms with Crippen LogP contribution < -0.4 is 5.32 Å². The number of hydrogen-bond donors (Lipinski definition) is 1. The SMILES string of the molecule is Cc1ccc([N+](=O)[O-])c(NCCc2ccc(Br)s2)n1. The molecule has 0 saturated carbocycles. The Morgan fingerprint density at radius 3 is 2.84 bits per heavy atom. The zero-order valence-corrected chi connectivity index (χ0v) is 12.6. The van der Waals surface area contributed by atoms with Crippen LogP contribution in [0.25, 0.3) is 0 Å². The molecule has 0 aromatic carbocycles. The van der Waals surface area contributed by atoms with E-state index in [4.69, 9.17) is 0 Å². The topological polar surface area (TPSA) is 68.1 Å². The van der Waals surface area contributed by atoms with Crippen molar-refractivity contribution < 1.29 is 4.92 Å². The molecule has 0 fully saturated rings. The summed E-state index contributed by atoms with van der Waals surface area (Å²) < 4.78 is 1.09. The molecule has 0 radical (unpaired) electrons. The first-order valence-corrected chi connectivity index (χ1v) is 7.27. The van der Waals surface area contributed by atoms with E-state index >= 15 is 0 Å². The Kier molecular flexibility index (Phi) is 4.49. The van der Waals surface area contributed by atoms with E-state index in [9.17, 15) is 10.1 Å². The molecule has 0 bridgehead atoms. The van der Waals surface area contributed by atoms with Gasteiger partial charge in [-0.05, 0) is 47.5 Å². The van der Waals surface area contributed by atoms with E-state index in [0.717, 1.165) is 15.9 Å². The van der Waals surface area contributed by atoms with Crippen molar-refractivity contribution in [3.05, 3.63) is 48.7 Å². The summed E-state index contributed by atoms with van der Waals surface area (Å²) in [6.07, 6.45) is 0.809. The predicted octanol–water partition coefficient (Wildman–Crippen LogP) is 3.78. The van der Waals surface area contributed by atoms with E-state index in [1.54, 1.807) is 17.4 Å². The van der Waals surface area contributed by atoms with Gasteiger partial charge in [0.2, 0.25) is 5.82 Å². The number of rotatable bonds is 5. The highest BCUT2D eigenvalue weighted by Crippen LogP contribution is 2.24. The van der Waals surface area contributed by atoms with Crippen LogP contribution in [0.1, 0.15) is 10.6 Å². The number of thiophene rings is 1. The predicted molar refractivity (Wildman–Crippen MR) is 79.8 cm³/mol. The second-order valence-electron chi connectivity index (χ2n) is 3.96. The van der Waals surface area contributed by atoms with Gasteiger partial charge in [-0.15, -0.1) is 11.3 Å². The Hall–Kier alpha value is -1.47. The van der Waals surface area contributed by atoms with Crippen LogP contribution in [0.2, 0.25) is 0 Å². The summed E-state index contributed by atoms with van der Waals surface area (Å²) in [6, 6.07) is 7.15. The average molecular weight is 342 g/mol. The zero-order valence-electron chi connectivity index (χ0n) is 10.2. The standard InChI is InChI=1S/C12H12BrN3O2S/c1-8-2-4-10(16(17)18)12(15-8)14-7-6-9-3-5-11(13)19-9/h2-5H,6-7H2,1H3,(H,14,15). The van der Waals surface area contributed by atoms with Gasteiger partial charge in [-0.2, -0.15) is 0 Å². The van der Waals surface area contributed by atoms with Crippen molar-refractivity contribution in [3.8, 4) is 0 Å². The summed E-state index contributed by atoms with van der Waals surface area (Å²) in [4.78, 5) is 15.9. The van der Waals surface area contributed by atoms with Crippen LogP contribution in [0.4, 0.5) is 11.5 Å². The van der Waals surface area contributed by atoms with Crippen molar-refractivity contribution in [2.75, 3.05) is 11.9 Å². The van der Waals surface area contributed by atoms with E-state index in [2.05, 4.69) is 26.2 Å². The molecule has 7 heteroatoms. The first-order valence-electron chi connectivity index (χ1n) is 5.66. The Labute approximate surface area is 123 Å². The van der Waals surface area contributed by atoms with Gasteiger partial charge in [0.25, 0.3) is 0 Å². The molecule has 2 heterocycles. The summed E-state index contributed by atoms with van der Waals surface area (Å²) in [6.45, 7) is 2.43. The number of aryl methyl sites for hydroxylation is 1. The van der Waals surface area contributed by atoms with Crippen LogP contribution in [0.15, 0.2) is 28.1 Å². The normalized spacial score (nSPS) is 10.4. The van der Waals surface area contributed by atoms with E-state index < -0.39 is 4.92 Å². The fourth-order valence-electron chi connectivity index (χ4n) is 1.62. The van der Waals surface area contributed by atoms with Gasteiger partial charge in [0, 0.05) is 23.2 Å². The van der Waals surface area contributed by atoms with Crippen molar-refractivity contribution >= 4 is 38.8 Å². The number of aromatic nitrogens is 1. The number of hydrogen-bond acceptors (Lipinski definition) is 5. The van der Waals surface area contributed by atoms with Crippen LogP contribution >= 0.6 is 27.3 Å². The smallest absolute Gasteiger partial charge is 0.311 e. The van der Waals surface area contributed by atoms with Gasteiger partial charge in [-0.1, -0.05) is 0 Å². The maximum Gasteiger partial charge on any atom is 0.311 e. The number of nitro groups is 1. The lowest BCUT2D eigenvalue weighted by Gasteiger charge is -2.06. The molecule has 1 N–H and O–H groups in total. The Balaban J connectivity index is 2.02. The van der Waals surface area contributed by atoms with Gasteiger partial charge in [0.15, 0.2) is 0 Å². The zero-order chi connectivity index (χ0) is 13.8. The minimum absolute atomic E-state index is 0.0120. The molecular weight excluding hydrogens is 330 g/mol. The van der Waals surface area contributed by atoms with Crippen LogP contribution in [0.3, 0.4) is 0 Å². The summed E-state index contributed by atoms with van der Waals surface area (Å²) in [5.74, 6) is 0.334. The molecule has 0 aliphatic heterocycles. The summed E-state index contributed by atoms with van der Waals surface area (Å²) in [5, 5.41) is 13.9. The quantitative estimate of drug-likeness (QED) is 0.663. The molecule has 0 aliphatic rings. The van der Waals surface area contributed by atoms with E-state index in [1.807, 2.05) is 19.1 Å². The molecule has 0 atom stereocenters. The summed E-state index contributed by atoms with van der Waals surface area (Å²) >= 11 is 5.06. The molecule has 2 rings (SSSR count). The summed E-state index contributed by atoms with van der Waals surface area (Å²) in [5.41, 5.74) is 0.768. The van der Waals surface area contributed by atoms with Gasteiger partial charge in [-0.3, -0.25) is 10.1 Å². The molecule has 0 saturated heterocycles. The monoisotopic (exact) mass is 341 g/mol. The van der Waals surface area contributed by atoms with Crippen molar-refractivity contribution in [1.82, 2.24) is 4.98 Å². The molecule has 19 heavy (non-hydrogen) atoms. The fourth-order valence-corrected chi connectivity index (χ4v) is 3.10. The third kappa shape index (κ3) is 3.74. The first-order chi connectivity index (χ1) is 9.06. The summed E-state index contributed by atoms with van der Waals surface area (Å²) in [7, 11) is 0.